The number of rotatable bonds is 7. The molecule has 0 rings (SSSR count). The molecule has 0 aromatic heterocycles. The average Bonchev–Trinajstić information content (AvgIpc) is 2.14. The predicted octanol–water partition coefficient (Wildman–Crippen LogP) is -0.887. The van der Waals surface area contributed by atoms with Gasteiger partial charge in [-0.1, -0.05) is 0 Å². The van der Waals surface area contributed by atoms with Crippen LogP contribution < -0.4 is 11.1 Å². The van der Waals surface area contributed by atoms with E-state index in [0.717, 1.165) is 0 Å². The summed E-state index contributed by atoms with van der Waals surface area (Å²) in [5.74, 6) is -0.158. The Labute approximate surface area is 78.6 Å². The lowest BCUT2D eigenvalue weighted by atomic mass is 10.3. The molecule has 0 aromatic rings. The number of hydrogen-bond donors (Lipinski definition) is 2. The number of ether oxygens (including phenoxy) is 2. The number of amides is 1. The summed E-state index contributed by atoms with van der Waals surface area (Å²) in [6.45, 7) is 3.24. The molecule has 1 amide bonds. The quantitative estimate of drug-likeness (QED) is 0.546. The molecule has 0 aliphatic heterocycles. The Hall–Kier alpha value is -0.650. The van der Waals surface area contributed by atoms with E-state index in [-0.39, 0.29) is 18.6 Å². The van der Waals surface area contributed by atoms with Gasteiger partial charge in [-0.25, -0.2) is 0 Å². The highest BCUT2D eigenvalue weighted by Crippen LogP contribution is 1.83. The normalized spacial score (nSPS) is 12.5. The lowest BCUT2D eigenvalue weighted by molar-refractivity contribution is -0.126. The van der Waals surface area contributed by atoms with E-state index < -0.39 is 0 Å². The van der Waals surface area contributed by atoms with Gasteiger partial charge in [0.05, 0.1) is 12.6 Å². The van der Waals surface area contributed by atoms with Crippen LogP contribution in [0.1, 0.15) is 6.92 Å². The molecule has 5 nitrogen and oxygen atoms in total. The van der Waals surface area contributed by atoms with Gasteiger partial charge in [0.15, 0.2) is 0 Å². The average molecular weight is 190 g/mol. The fourth-order valence-electron chi connectivity index (χ4n) is 0.834. The molecule has 0 spiro atoms. The third-order valence-corrected chi connectivity index (χ3v) is 1.45. The van der Waals surface area contributed by atoms with Gasteiger partial charge in [-0.15, -0.1) is 0 Å². The van der Waals surface area contributed by atoms with Crippen molar-refractivity contribution in [2.24, 2.45) is 5.73 Å². The van der Waals surface area contributed by atoms with Crippen molar-refractivity contribution >= 4 is 5.91 Å². The van der Waals surface area contributed by atoms with Crippen LogP contribution in [0.3, 0.4) is 0 Å². The highest BCUT2D eigenvalue weighted by atomic mass is 16.5. The summed E-state index contributed by atoms with van der Waals surface area (Å²) in [7, 11) is 1.57. The molecule has 1 unspecified atom stereocenters. The molecule has 0 radical (unpaired) electrons. The first-order chi connectivity index (χ1) is 6.24. The van der Waals surface area contributed by atoms with Crippen LogP contribution in [0.5, 0.6) is 0 Å². The molecule has 0 saturated heterocycles. The summed E-state index contributed by atoms with van der Waals surface area (Å²) in [6.07, 6.45) is 0. The summed E-state index contributed by atoms with van der Waals surface area (Å²) in [4.78, 5) is 11.1. The Balaban J connectivity index is 3.60. The Morgan fingerprint density at radius 2 is 2.31 bits per heavy atom. The molecule has 78 valence electrons. The first-order valence-corrected chi connectivity index (χ1v) is 4.30. The molecule has 0 fully saturated rings. The third-order valence-electron chi connectivity index (χ3n) is 1.45. The maximum Gasteiger partial charge on any atom is 0.246 e. The number of methoxy groups -OCH3 is 1. The van der Waals surface area contributed by atoms with Gasteiger partial charge in [-0.2, -0.15) is 0 Å². The van der Waals surface area contributed by atoms with Gasteiger partial charge in [-0.3, -0.25) is 4.79 Å². The van der Waals surface area contributed by atoms with Crippen molar-refractivity contribution in [3.63, 3.8) is 0 Å². The summed E-state index contributed by atoms with van der Waals surface area (Å²) >= 11 is 0. The zero-order valence-corrected chi connectivity index (χ0v) is 8.21. The van der Waals surface area contributed by atoms with E-state index in [1.165, 1.54) is 0 Å². The Bertz CT molecular complexity index is 141. The second kappa shape index (κ2) is 7.97. The van der Waals surface area contributed by atoms with Gasteiger partial charge in [0, 0.05) is 20.3 Å². The van der Waals surface area contributed by atoms with Crippen LogP contribution in [0.2, 0.25) is 0 Å². The molecule has 3 N–H and O–H groups in total. The number of carbonyl (C=O) groups is 1. The first-order valence-electron chi connectivity index (χ1n) is 4.30. The van der Waals surface area contributed by atoms with Gasteiger partial charge in [-0.05, 0) is 6.92 Å². The summed E-state index contributed by atoms with van der Waals surface area (Å²) in [5.41, 5.74) is 5.40. The SMILES string of the molecule is CCOCC(=O)NC(CN)COC. The van der Waals surface area contributed by atoms with E-state index in [1.807, 2.05) is 6.92 Å². The van der Waals surface area contributed by atoms with Gasteiger partial charge < -0.3 is 20.5 Å². The minimum atomic E-state index is -0.158. The lowest BCUT2D eigenvalue weighted by Gasteiger charge is -2.15. The second-order valence-electron chi connectivity index (χ2n) is 2.59. The fraction of sp³-hybridized carbons (Fsp3) is 0.875. The predicted molar refractivity (Wildman–Crippen MR) is 49.4 cm³/mol. The minimum Gasteiger partial charge on any atom is -0.383 e. The van der Waals surface area contributed by atoms with Gasteiger partial charge in [0.25, 0.3) is 0 Å². The first kappa shape index (κ1) is 12.3. The van der Waals surface area contributed by atoms with Crippen LogP contribution in [0, 0.1) is 0 Å². The van der Waals surface area contributed by atoms with Gasteiger partial charge >= 0.3 is 0 Å². The van der Waals surface area contributed by atoms with Crippen molar-refractivity contribution < 1.29 is 14.3 Å². The highest BCUT2D eigenvalue weighted by Gasteiger charge is 2.09. The Morgan fingerprint density at radius 3 is 2.77 bits per heavy atom. The molecule has 0 aromatic carbocycles. The Kier molecular flexibility index (Phi) is 7.57. The highest BCUT2D eigenvalue weighted by molar-refractivity contribution is 5.77. The third kappa shape index (κ3) is 6.51. The van der Waals surface area contributed by atoms with Gasteiger partial charge in [0.2, 0.25) is 5.91 Å². The molecular weight excluding hydrogens is 172 g/mol. The van der Waals surface area contributed by atoms with Crippen molar-refractivity contribution in [1.29, 1.82) is 0 Å². The number of nitrogens with one attached hydrogen (secondary N) is 1. The zero-order chi connectivity index (χ0) is 10.1. The van der Waals surface area contributed by atoms with Crippen LogP contribution in [0.15, 0.2) is 0 Å². The number of hydrogen-bond acceptors (Lipinski definition) is 4. The molecular formula is C8H18N2O3. The summed E-state index contributed by atoms with van der Waals surface area (Å²) < 4.78 is 9.79. The van der Waals surface area contributed by atoms with Crippen LogP contribution in [-0.4, -0.2) is 45.4 Å². The van der Waals surface area contributed by atoms with E-state index in [4.69, 9.17) is 15.2 Å². The summed E-state index contributed by atoms with van der Waals surface area (Å²) in [5, 5.41) is 2.69. The maximum absolute atomic E-state index is 11.1. The van der Waals surface area contributed by atoms with E-state index in [1.54, 1.807) is 7.11 Å². The molecule has 0 saturated carbocycles. The standard InChI is InChI=1S/C8H18N2O3/c1-3-13-6-8(11)10-7(4-9)5-12-2/h7H,3-6,9H2,1-2H3,(H,10,11). The smallest absolute Gasteiger partial charge is 0.246 e. The molecule has 0 heterocycles. The minimum absolute atomic E-state index is 0.0801. The van der Waals surface area contributed by atoms with E-state index in [9.17, 15) is 4.79 Å². The van der Waals surface area contributed by atoms with Crippen molar-refractivity contribution in [3.8, 4) is 0 Å². The zero-order valence-electron chi connectivity index (χ0n) is 8.21. The fourth-order valence-corrected chi connectivity index (χ4v) is 0.834. The van der Waals surface area contributed by atoms with E-state index >= 15 is 0 Å². The van der Waals surface area contributed by atoms with Crippen molar-refractivity contribution in [3.05, 3.63) is 0 Å². The molecule has 5 heteroatoms. The second-order valence-corrected chi connectivity index (χ2v) is 2.59. The molecule has 13 heavy (non-hydrogen) atoms. The maximum atomic E-state index is 11.1. The van der Waals surface area contributed by atoms with Crippen LogP contribution >= 0.6 is 0 Å². The van der Waals surface area contributed by atoms with Gasteiger partial charge in [0.1, 0.15) is 6.61 Å². The van der Waals surface area contributed by atoms with Crippen molar-refractivity contribution in [1.82, 2.24) is 5.32 Å². The Morgan fingerprint density at radius 1 is 1.62 bits per heavy atom. The van der Waals surface area contributed by atoms with Crippen molar-refractivity contribution in [2.45, 2.75) is 13.0 Å². The summed E-state index contributed by atoms with van der Waals surface area (Å²) in [6, 6.07) is -0.127. The largest absolute Gasteiger partial charge is 0.383 e. The van der Waals surface area contributed by atoms with E-state index in [0.29, 0.717) is 19.8 Å². The molecule has 1 atom stereocenters. The van der Waals surface area contributed by atoms with Crippen LogP contribution in [0.25, 0.3) is 0 Å². The number of carbonyl (C=O) groups excluding carboxylic acids is 1. The van der Waals surface area contributed by atoms with Crippen molar-refractivity contribution in [2.75, 3.05) is 33.5 Å². The molecule has 0 bridgehead atoms. The van der Waals surface area contributed by atoms with E-state index in [2.05, 4.69) is 5.32 Å². The van der Waals surface area contributed by atoms with Crippen LogP contribution in [-0.2, 0) is 14.3 Å². The monoisotopic (exact) mass is 190 g/mol. The molecule has 0 aliphatic carbocycles. The van der Waals surface area contributed by atoms with Crippen LogP contribution in [0.4, 0.5) is 0 Å². The number of nitrogens with two attached hydrogens (primary N) is 1. The molecule has 0 aliphatic rings. The topological polar surface area (TPSA) is 73.6 Å². The lowest BCUT2D eigenvalue weighted by Crippen LogP contribution is -2.44.